The highest BCUT2D eigenvalue weighted by Gasteiger charge is 2.24. The van der Waals surface area contributed by atoms with Gasteiger partial charge in [-0.25, -0.2) is 17.9 Å². The van der Waals surface area contributed by atoms with E-state index in [1.807, 2.05) is 0 Å². The summed E-state index contributed by atoms with van der Waals surface area (Å²) < 4.78 is 32.0. The lowest BCUT2D eigenvalue weighted by Crippen LogP contribution is -2.32. The maximum atomic E-state index is 12.2. The van der Waals surface area contributed by atoms with Crippen molar-refractivity contribution in [2.75, 3.05) is 13.1 Å². The minimum Gasteiger partial charge on any atom is -0.444 e. The fourth-order valence-corrected chi connectivity index (χ4v) is 3.65. The zero-order chi connectivity index (χ0) is 21.2. The van der Waals surface area contributed by atoms with Gasteiger partial charge in [-0.05, 0) is 39.7 Å². The Morgan fingerprint density at radius 3 is 2.25 bits per heavy atom. The molecule has 0 aromatic heterocycles. The highest BCUT2D eigenvalue weighted by atomic mass is 32.2. The van der Waals surface area contributed by atoms with Crippen LogP contribution in [0.5, 0.6) is 0 Å². The number of ether oxygens (including phenoxy) is 1. The van der Waals surface area contributed by atoms with Gasteiger partial charge in [0.25, 0.3) is 5.69 Å². The number of sulfonamides is 1. The van der Waals surface area contributed by atoms with E-state index in [0.29, 0.717) is 13.0 Å². The summed E-state index contributed by atoms with van der Waals surface area (Å²) in [6.45, 7) is 6.15. The molecule has 1 amide bonds. The summed E-state index contributed by atoms with van der Waals surface area (Å²) >= 11 is 0. The second-order valence-corrected chi connectivity index (χ2v) is 9.05. The van der Waals surface area contributed by atoms with Crippen LogP contribution in [-0.4, -0.2) is 38.1 Å². The standard InChI is InChI=1S/C18H29N3O6S/c1-18(2,3)27-17(22)19-13-9-5-4-6-10-14-20-28(25,26)16-12-8-7-11-15(16)21(23)24/h7-8,11-12,20H,4-6,9-10,13-14H2,1-3H3,(H,19,22). The number of rotatable bonds is 11. The van der Waals surface area contributed by atoms with E-state index in [4.69, 9.17) is 4.74 Å². The van der Waals surface area contributed by atoms with Crippen molar-refractivity contribution in [2.45, 2.75) is 63.4 Å². The zero-order valence-corrected chi connectivity index (χ0v) is 17.4. The maximum Gasteiger partial charge on any atom is 0.407 e. The predicted molar refractivity (Wildman–Crippen MR) is 106 cm³/mol. The van der Waals surface area contributed by atoms with Gasteiger partial charge >= 0.3 is 6.09 Å². The van der Waals surface area contributed by atoms with Gasteiger partial charge in [0, 0.05) is 19.2 Å². The number of unbranched alkanes of at least 4 members (excludes halogenated alkanes) is 4. The molecular formula is C18H29N3O6S. The van der Waals surface area contributed by atoms with Crippen LogP contribution >= 0.6 is 0 Å². The number of nitro benzene ring substituents is 1. The number of hydrogen-bond acceptors (Lipinski definition) is 6. The first kappa shape index (κ1) is 23.8. The third-order valence-corrected chi connectivity index (χ3v) is 5.17. The highest BCUT2D eigenvalue weighted by Crippen LogP contribution is 2.22. The molecule has 1 rings (SSSR count). The smallest absolute Gasteiger partial charge is 0.407 e. The van der Waals surface area contributed by atoms with Crippen LogP contribution < -0.4 is 10.0 Å². The minimum absolute atomic E-state index is 0.213. The van der Waals surface area contributed by atoms with Crippen LogP contribution in [0.1, 0.15) is 52.9 Å². The first-order valence-electron chi connectivity index (χ1n) is 9.23. The van der Waals surface area contributed by atoms with Crippen molar-refractivity contribution in [3.63, 3.8) is 0 Å². The van der Waals surface area contributed by atoms with Gasteiger partial charge in [-0.1, -0.05) is 31.4 Å². The van der Waals surface area contributed by atoms with Gasteiger partial charge in [-0.3, -0.25) is 10.1 Å². The van der Waals surface area contributed by atoms with Crippen molar-refractivity contribution in [3.05, 3.63) is 34.4 Å². The summed E-state index contributed by atoms with van der Waals surface area (Å²) in [7, 11) is -3.91. The summed E-state index contributed by atoms with van der Waals surface area (Å²) in [6, 6.07) is 5.26. The molecule has 10 heteroatoms. The van der Waals surface area contributed by atoms with Crippen LogP contribution in [-0.2, 0) is 14.8 Å². The van der Waals surface area contributed by atoms with Crippen molar-refractivity contribution in [2.24, 2.45) is 0 Å². The molecular weight excluding hydrogens is 386 g/mol. The third kappa shape index (κ3) is 9.14. The van der Waals surface area contributed by atoms with Gasteiger partial charge in [-0.15, -0.1) is 0 Å². The second-order valence-electron chi connectivity index (χ2n) is 7.32. The van der Waals surface area contributed by atoms with E-state index in [9.17, 15) is 23.3 Å². The van der Waals surface area contributed by atoms with Crippen molar-refractivity contribution < 1.29 is 22.9 Å². The molecule has 0 aliphatic heterocycles. The Labute approximate surface area is 166 Å². The lowest BCUT2D eigenvalue weighted by atomic mass is 10.1. The van der Waals surface area contributed by atoms with Gasteiger partial charge in [0.05, 0.1) is 4.92 Å². The fourth-order valence-electron chi connectivity index (χ4n) is 2.40. The predicted octanol–water partition coefficient (Wildman–Crippen LogP) is 3.35. The van der Waals surface area contributed by atoms with Crippen LogP contribution in [0.2, 0.25) is 0 Å². The molecule has 0 bridgehead atoms. The minimum atomic E-state index is -3.91. The van der Waals surface area contributed by atoms with E-state index in [-0.39, 0.29) is 11.4 Å². The monoisotopic (exact) mass is 415 g/mol. The molecule has 2 N–H and O–H groups in total. The summed E-state index contributed by atoms with van der Waals surface area (Å²) in [5.74, 6) is 0. The summed E-state index contributed by atoms with van der Waals surface area (Å²) in [4.78, 5) is 21.4. The van der Waals surface area contributed by atoms with E-state index in [1.165, 1.54) is 24.3 Å². The molecule has 9 nitrogen and oxygen atoms in total. The molecule has 0 saturated heterocycles. The molecule has 0 spiro atoms. The lowest BCUT2D eigenvalue weighted by molar-refractivity contribution is -0.387. The van der Waals surface area contributed by atoms with E-state index in [0.717, 1.165) is 25.7 Å². The molecule has 1 aromatic carbocycles. The van der Waals surface area contributed by atoms with E-state index in [2.05, 4.69) is 10.0 Å². The highest BCUT2D eigenvalue weighted by molar-refractivity contribution is 7.89. The number of hydrogen-bond donors (Lipinski definition) is 2. The maximum absolute atomic E-state index is 12.2. The Morgan fingerprint density at radius 2 is 1.64 bits per heavy atom. The fraction of sp³-hybridized carbons (Fsp3) is 0.611. The second kappa shape index (κ2) is 11.0. The van der Waals surface area contributed by atoms with Gasteiger partial charge in [0.2, 0.25) is 10.0 Å². The Hall–Kier alpha value is -2.20. The molecule has 0 heterocycles. The van der Waals surface area contributed by atoms with Crippen LogP contribution in [0.25, 0.3) is 0 Å². The van der Waals surface area contributed by atoms with Crippen molar-refractivity contribution >= 4 is 21.8 Å². The number of amides is 1. The molecule has 0 aliphatic carbocycles. The molecule has 158 valence electrons. The normalized spacial score (nSPS) is 11.8. The average molecular weight is 416 g/mol. The van der Waals surface area contributed by atoms with Gasteiger partial charge < -0.3 is 10.1 Å². The largest absolute Gasteiger partial charge is 0.444 e. The first-order chi connectivity index (χ1) is 13.0. The number of para-hydroxylation sites is 1. The number of alkyl carbamates (subject to hydrolysis) is 1. The summed E-state index contributed by atoms with van der Waals surface area (Å²) in [5, 5.41) is 13.6. The van der Waals surface area contributed by atoms with Crippen molar-refractivity contribution in [1.29, 1.82) is 0 Å². The number of nitrogens with one attached hydrogen (secondary N) is 2. The van der Waals surface area contributed by atoms with E-state index < -0.39 is 32.3 Å². The number of carbonyl (C=O) groups is 1. The first-order valence-corrected chi connectivity index (χ1v) is 10.7. The van der Waals surface area contributed by atoms with Crippen molar-refractivity contribution in [1.82, 2.24) is 10.0 Å². The van der Waals surface area contributed by atoms with Crippen LogP contribution in [0.3, 0.4) is 0 Å². The average Bonchev–Trinajstić information content (AvgIpc) is 2.58. The SMILES string of the molecule is CC(C)(C)OC(=O)NCCCCCCCNS(=O)(=O)c1ccccc1[N+](=O)[O-]. The van der Waals surface area contributed by atoms with Crippen molar-refractivity contribution in [3.8, 4) is 0 Å². The number of benzene rings is 1. The molecule has 0 aliphatic rings. The molecule has 0 fully saturated rings. The van der Waals surface area contributed by atoms with Crippen LogP contribution in [0, 0.1) is 10.1 Å². The van der Waals surface area contributed by atoms with Gasteiger partial charge in [-0.2, -0.15) is 0 Å². The molecule has 0 atom stereocenters. The zero-order valence-electron chi connectivity index (χ0n) is 16.6. The molecule has 0 unspecified atom stereocenters. The third-order valence-electron chi connectivity index (χ3n) is 3.67. The Kier molecular flexibility index (Phi) is 9.33. The molecule has 0 saturated carbocycles. The lowest BCUT2D eigenvalue weighted by Gasteiger charge is -2.19. The Bertz CT molecular complexity index is 759. The topological polar surface area (TPSA) is 128 Å². The van der Waals surface area contributed by atoms with Gasteiger partial charge in [0.1, 0.15) is 5.60 Å². The Morgan fingerprint density at radius 1 is 1.07 bits per heavy atom. The summed E-state index contributed by atoms with van der Waals surface area (Å²) in [6.07, 6.45) is 3.60. The number of nitro groups is 1. The van der Waals surface area contributed by atoms with E-state index in [1.54, 1.807) is 20.8 Å². The molecule has 0 radical (unpaired) electrons. The molecule has 1 aromatic rings. The quantitative estimate of drug-likeness (QED) is 0.324. The summed E-state index contributed by atoms with van der Waals surface area (Å²) in [5.41, 5.74) is -0.954. The van der Waals surface area contributed by atoms with E-state index >= 15 is 0 Å². The number of nitrogens with zero attached hydrogens (tertiary/aromatic N) is 1. The molecule has 28 heavy (non-hydrogen) atoms. The van der Waals surface area contributed by atoms with Crippen LogP contribution in [0.4, 0.5) is 10.5 Å². The van der Waals surface area contributed by atoms with Gasteiger partial charge in [0.15, 0.2) is 4.90 Å². The Balaban J connectivity index is 2.21. The number of carbonyl (C=O) groups excluding carboxylic acids is 1. The van der Waals surface area contributed by atoms with Crippen LogP contribution in [0.15, 0.2) is 29.2 Å².